The van der Waals surface area contributed by atoms with E-state index in [2.05, 4.69) is 15.5 Å². The van der Waals surface area contributed by atoms with Gasteiger partial charge in [-0.05, 0) is 18.2 Å². The molecule has 1 heterocycles. The summed E-state index contributed by atoms with van der Waals surface area (Å²) in [7, 11) is -3.57. The molecule has 0 spiro atoms. The molecule has 0 amide bonds. The van der Waals surface area contributed by atoms with Crippen molar-refractivity contribution >= 4 is 27.7 Å². The summed E-state index contributed by atoms with van der Waals surface area (Å²) in [5, 5.41) is 14.9. The maximum absolute atomic E-state index is 12.4. The van der Waals surface area contributed by atoms with Crippen LogP contribution in [0.15, 0.2) is 52.6 Å². The molecular formula is C16H19N5O4S. The Morgan fingerprint density at radius 3 is 2.50 bits per heavy atom. The quantitative estimate of drug-likeness (QED) is 0.429. The van der Waals surface area contributed by atoms with Crippen LogP contribution >= 0.6 is 0 Å². The number of hydrogen-bond acceptors (Lipinski definition) is 7. The number of benzene rings is 1. The molecule has 2 aromatic rings. The first-order valence-electron chi connectivity index (χ1n) is 7.88. The summed E-state index contributed by atoms with van der Waals surface area (Å²) in [6, 6.07) is 9.10. The Bertz CT molecular complexity index is 893. The van der Waals surface area contributed by atoms with Gasteiger partial charge in [-0.2, -0.15) is 9.41 Å². The number of nitro groups is 1. The molecule has 0 bridgehead atoms. The summed E-state index contributed by atoms with van der Waals surface area (Å²) in [6.07, 6.45) is 2.55. The normalized spacial score (nSPS) is 11.8. The van der Waals surface area contributed by atoms with Gasteiger partial charge in [-0.3, -0.25) is 15.5 Å². The van der Waals surface area contributed by atoms with Gasteiger partial charge in [0.15, 0.2) is 0 Å². The first-order chi connectivity index (χ1) is 12.4. The zero-order chi connectivity index (χ0) is 19.2. The molecule has 0 aliphatic rings. The summed E-state index contributed by atoms with van der Waals surface area (Å²) in [6.45, 7) is 4.28. The first-order valence-corrected chi connectivity index (χ1v) is 9.32. The molecule has 1 N–H and O–H groups in total. The zero-order valence-electron chi connectivity index (χ0n) is 14.4. The number of anilines is 1. The molecule has 26 heavy (non-hydrogen) atoms. The maximum atomic E-state index is 12.4. The van der Waals surface area contributed by atoms with Crippen LogP contribution < -0.4 is 5.43 Å². The maximum Gasteiger partial charge on any atom is 0.278 e. The van der Waals surface area contributed by atoms with E-state index in [4.69, 9.17) is 0 Å². The average Bonchev–Trinajstić information content (AvgIpc) is 2.63. The number of pyridine rings is 1. The van der Waals surface area contributed by atoms with Crippen molar-refractivity contribution in [2.75, 3.05) is 18.5 Å². The fourth-order valence-electron chi connectivity index (χ4n) is 2.24. The molecule has 0 aliphatic heterocycles. The molecule has 0 atom stereocenters. The van der Waals surface area contributed by atoms with Crippen LogP contribution in [0.5, 0.6) is 0 Å². The van der Waals surface area contributed by atoms with Gasteiger partial charge >= 0.3 is 0 Å². The van der Waals surface area contributed by atoms with E-state index in [-0.39, 0.29) is 10.6 Å². The number of hydrogen-bond donors (Lipinski definition) is 1. The lowest BCUT2D eigenvalue weighted by atomic mass is 10.2. The third-order valence-electron chi connectivity index (χ3n) is 3.60. The van der Waals surface area contributed by atoms with Crippen LogP contribution in [0.2, 0.25) is 0 Å². The highest BCUT2D eigenvalue weighted by Crippen LogP contribution is 2.17. The summed E-state index contributed by atoms with van der Waals surface area (Å²) in [5.74, 6) is 0.318. The topological polar surface area (TPSA) is 118 Å². The summed E-state index contributed by atoms with van der Waals surface area (Å²) < 4.78 is 26.1. The molecule has 10 heteroatoms. The predicted octanol–water partition coefficient (Wildman–Crippen LogP) is 2.47. The van der Waals surface area contributed by atoms with Crippen molar-refractivity contribution in [1.29, 1.82) is 0 Å². The van der Waals surface area contributed by atoms with E-state index in [1.54, 1.807) is 32.0 Å². The first kappa shape index (κ1) is 19.5. The Hall–Kier alpha value is -2.85. The van der Waals surface area contributed by atoms with Gasteiger partial charge in [0, 0.05) is 25.4 Å². The van der Waals surface area contributed by atoms with Crippen LogP contribution in [0, 0.1) is 10.1 Å². The summed E-state index contributed by atoms with van der Waals surface area (Å²) in [4.78, 5) is 14.6. The minimum atomic E-state index is -3.57. The van der Waals surface area contributed by atoms with Crippen LogP contribution in [0.3, 0.4) is 0 Å². The van der Waals surface area contributed by atoms with Crippen molar-refractivity contribution in [2.24, 2.45) is 5.10 Å². The average molecular weight is 377 g/mol. The lowest BCUT2D eigenvalue weighted by Gasteiger charge is -2.18. The zero-order valence-corrected chi connectivity index (χ0v) is 15.2. The summed E-state index contributed by atoms with van der Waals surface area (Å²) >= 11 is 0. The van der Waals surface area contributed by atoms with Crippen molar-refractivity contribution in [1.82, 2.24) is 9.29 Å². The van der Waals surface area contributed by atoms with Crippen molar-refractivity contribution in [2.45, 2.75) is 18.7 Å². The molecule has 138 valence electrons. The standard InChI is InChI=1S/C16H19N5O4S/c1-3-20(4-2)26(24,25)14-9-10-16(17-12-14)19-18-11-13-7-5-6-8-15(13)21(22)23/h5-12H,3-4H2,1-2H3,(H,17,19). The van der Waals surface area contributed by atoms with E-state index in [0.29, 0.717) is 24.5 Å². The number of para-hydroxylation sites is 1. The Labute approximate surface area is 151 Å². The minimum absolute atomic E-state index is 0.0633. The molecule has 1 aromatic heterocycles. The highest BCUT2D eigenvalue weighted by Gasteiger charge is 2.21. The van der Waals surface area contributed by atoms with Gasteiger partial charge in [0.1, 0.15) is 10.7 Å². The molecule has 9 nitrogen and oxygen atoms in total. The lowest BCUT2D eigenvalue weighted by molar-refractivity contribution is -0.385. The molecule has 0 aliphatic carbocycles. The molecular weight excluding hydrogens is 358 g/mol. The molecule has 0 unspecified atom stereocenters. The van der Waals surface area contributed by atoms with Crippen molar-refractivity contribution in [3.63, 3.8) is 0 Å². The van der Waals surface area contributed by atoms with Crippen molar-refractivity contribution in [3.8, 4) is 0 Å². The lowest BCUT2D eigenvalue weighted by Crippen LogP contribution is -2.30. The molecule has 0 radical (unpaired) electrons. The third kappa shape index (κ3) is 4.41. The van der Waals surface area contributed by atoms with Crippen LogP contribution in [-0.4, -0.2) is 41.9 Å². The second-order valence-electron chi connectivity index (χ2n) is 5.15. The van der Waals surface area contributed by atoms with Gasteiger partial charge in [0.25, 0.3) is 5.69 Å². The largest absolute Gasteiger partial charge is 0.278 e. The number of hydrazone groups is 1. The smallest absolute Gasteiger partial charge is 0.261 e. The molecule has 0 fully saturated rings. The van der Waals surface area contributed by atoms with Crippen molar-refractivity contribution in [3.05, 3.63) is 58.3 Å². The number of sulfonamides is 1. The van der Waals surface area contributed by atoms with Gasteiger partial charge in [-0.25, -0.2) is 13.4 Å². The number of nitrogens with one attached hydrogen (secondary N) is 1. The highest BCUT2D eigenvalue weighted by atomic mass is 32.2. The van der Waals surface area contributed by atoms with Crippen LogP contribution in [-0.2, 0) is 10.0 Å². The summed E-state index contributed by atoms with van der Waals surface area (Å²) in [5.41, 5.74) is 2.90. The SMILES string of the molecule is CCN(CC)S(=O)(=O)c1ccc(NN=Cc2ccccc2[N+](=O)[O-])nc1. The predicted molar refractivity (Wildman–Crippen MR) is 98.7 cm³/mol. The van der Waals surface area contributed by atoms with Gasteiger partial charge in [-0.15, -0.1) is 0 Å². The Morgan fingerprint density at radius 1 is 1.23 bits per heavy atom. The fourth-order valence-corrected chi connectivity index (χ4v) is 3.65. The number of rotatable bonds is 8. The van der Waals surface area contributed by atoms with Crippen LogP contribution in [0.1, 0.15) is 19.4 Å². The van der Waals surface area contributed by atoms with Crippen LogP contribution in [0.25, 0.3) is 0 Å². The van der Waals surface area contributed by atoms with Gasteiger partial charge in [0.05, 0.1) is 16.7 Å². The number of nitrogens with zero attached hydrogens (tertiary/aromatic N) is 4. The monoisotopic (exact) mass is 377 g/mol. The van der Waals surface area contributed by atoms with E-state index in [1.807, 2.05) is 0 Å². The van der Waals surface area contributed by atoms with E-state index in [9.17, 15) is 18.5 Å². The fraction of sp³-hybridized carbons (Fsp3) is 0.250. The number of aromatic nitrogens is 1. The third-order valence-corrected chi connectivity index (χ3v) is 5.63. The Morgan fingerprint density at radius 2 is 1.92 bits per heavy atom. The second kappa shape index (κ2) is 8.50. The second-order valence-corrected chi connectivity index (χ2v) is 7.09. The molecule has 1 aromatic carbocycles. The number of nitro benzene ring substituents is 1. The van der Waals surface area contributed by atoms with Crippen LogP contribution in [0.4, 0.5) is 11.5 Å². The molecule has 0 saturated carbocycles. The Kier molecular flexibility index (Phi) is 6.36. The Balaban J connectivity index is 2.12. The molecule has 2 rings (SSSR count). The van der Waals surface area contributed by atoms with Gasteiger partial charge in [-0.1, -0.05) is 26.0 Å². The van der Waals surface area contributed by atoms with Gasteiger partial charge in [0.2, 0.25) is 10.0 Å². The molecule has 0 saturated heterocycles. The van der Waals surface area contributed by atoms with E-state index in [0.717, 1.165) is 0 Å². The van der Waals surface area contributed by atoms with E-state index < -0.39 is 14.9 Å². The van der Waals surface area contributed by atoms with Crippen molar-refractivity contribution < 1.29 is 13.3 Å². The minimum Gasteiger partial charge on any atom is -0.261 e. The van der Waals surface area contributed by atoms with Gasteiger partial charge < -0.3 is 0 Å². The van der Waals surface area contributed by atoms with E-state index >= 15 is 0 Å². The van der Waals surface area contributed by atoms with E-state index in [1.165, 1.54) is 34.9 Å². The highest BCUT2D eigenvalue weighted by molar-refractivity contribution is 7.89.